The summed E-state index contributed by atoms with van der Waals surface area (Å²) in [6, 6.07) is 6.70. The van der Waals surface area contributed by atoms with Gasteiger partial charge in [0, 0.05) is 6.42 Å². The van der Waals surface area contributed by atoms with Crippen LogP contribution in [0.25, 0.3) is 0 Å². The van der Waals surface area contributed by atoms with Crippen LogP contribution in [0, 0.1) is 0 Å². The first-order valence-electron chi connectivity index (χ1n) is 6.64. The number of amides is 1. The number of rotatable bonds is 7. The summed E-state index contributed by atoms with van der Waals surface area (Å²) in [6.07, 6.45) is 0.617. The molecule has 0 aliphatic rings. The molecule has 0 saturated carbocycles. The summed E-state index contributed by atoms with van der Waals surface area (Å²) < 4.78 is 5.15. The Bertz CT molecular complexity index is 473. The third kappa shape index (κ3) is 4.57. The SMILES string of the molecule is CCC(NC(=O)CC(C)c1cccc(OC)c1)C(=O)O. The normalized spacial score (nSPS) is 13.3. The van der Waals surface area contributed by atoms with Gasteiger partial charge in [0.15, 0.2) is 0 Å². The predicted molar refractivity (Wildman–Crippen MR) is 75.9 cm³/mol. The highest BCUT2D eigenvalue weighted by Crippen LogP contribution is 2.23. The number of benzene rings is 1. The van der Waals surface area contributed by atoms with Crippen LogP contribution in [0.15, 0.2) is 24.3 Å². The summed E-state index contributed by atoms with van der Waals surface area (Å²) in [5.74, 6) is -0.521. The molecule has 0 aliphatic heterocycles. The quantitative estimate of drug-likeness (QED) is 0.802. The van der Waals surface area contributed by atoms with Gasteiger partial charge >= 0.3 is 5.97 Å². The van der Waals surface area contributed by atoms with Gasteiger partial charge in [0.05, 0.1) is 7.11 Å². The van der Waals surface area contributed by atoms with Crippen LogP contribution in [0.2, 0.25) is 0 Å². The van der Waals surface area contributed by atoms with Crippen LogP contribution in [0.4, 0.5) is 0 Å². The van der Waals surface area contributed by atoms with Gasteiger partial charge in [-0.3, -0.25) is 4.79 Å². The minimum absolute atomic E-state index is 0.00333. The molecule has 0 radical (unpaired) electrons. The molecule has 1 aromatic carbocycles. The number of hydrogen-bond acceptors (Lipinski definition) is 3. The van der Waals surface area contributed by atoms with Crippen molar-refractivity contribution in [3.05, 3.63) is 29.8 Å². The molecule has 0 spiro atoms. The lowest BCUT2D eigenvalue weighted by molar-refractivity contribution is -0.141. The van der Waals surface area contributed by atoms with Crippen LogP contribution in [0.1, 0.15) is 38.2 Å². The van der Waals surface area contributed by atoms with Crippen molar-refractivity contribution < 1.29 is 19.4 Å². The van der Waals surface area contributed by atoms with Crippen molar-refractivity contribution in [2.24, 2.45) is 0 Å². The van der Waals surface area contributed by atoms with E-state index in [1.807, 2.05) is 31.2 Å². The molecule has 20 heavy (non-hydrogen) atoms. The zero-order chi connectivity index (χ0) is 15.1. The summed E-state index contributed by atoms with van der Waals surface area (Å²) in [6.45, 7) is 3.65. The summed E-state index contributed by atoms with van der Waals surface area (Å²) in [4.78, 5) is 22.7. The highest BCUT2D eigenvalue weighted by Gasteiger charge is 2.19. The van der Waals surface area contributed by atoms with E-state index >= 15 is 0 Å². The number of carbonyl (C=O) groups excluding carboxylic acids is 1. The van der Waals surface area contributed by atoms with Crippen LogP contribution in [-0.4, -0.2) is 30.1 Å². The third-order valence-electron chi connectivity index (χ3n) is 3.20. The minimum Gasteiger partial charge on any atom is -0.497 e. The molecule has 2 unspecified atom stereocenters. The molecule has 0 bridgehead atoms. The number of carboxylic acids is 1. The zero-order valence-electron chi connectivity index (χ0n) is 12.1. The average Bonchev–Trinajstić information content (AvgIpc) is 2.44. The Morgan fingerprint density at radius 1 is 1.40 bits per heavy atom. The fourth-order valence-corrected chi connectivity index (χ4v) is 1.94. The zero-order valence-corrected chi connectivity index (χ0v) is 12.1. The van der Waals surface area contributed by atoms with Gasteiger partial charge in [0.1, 0.15) is 11.8 Å². The molecular weight excluding hydrogens is 258 g/mol. The van der Waals surface area contributed by atoms with Gasteiger partial charge in [-0.2, -0.15) is 0 Å². The molecule has 0 fully saturated rings. The molecule has 5 heteroatoms. The monoisotopic (exact) mass is 279 g/mol. The molecule has 5 nitrogen and oxygen atoms in total. The van der Waals surface area contributed by atoms with Crippen molar-refractivity contribution in [1.29, 1.82) is 0 Å². The van der Waals surface area contributed by atoms with Gasteiger partial charge in [-0.25, -0.2) is 4.79 Å². The highest BCUT2D eigenvalue weighted by molar-refractivity contribution is 5.83. The van der Waals surface area contributed by atoms with Gasteiger partial charge < -0.3 is 15.2 Å². The first-order valence-corrected chi connectivity index (χ1v) is 6.64. The summed E-state index contributed by atoms with van der Waals surface area (Å²) in [5.41, 5.74) is 0.989. The molecule has 0 aliphatic carbocycles. The van der Waals surface area contributed by atoms with Crippen LogP contribution >= 0.6 is 0 Å². The van der Waals surface area contributed by atoms with Crippen molar-refractivity contribution >= 4 is 11.9 Å². The number of methoxy groups -OCH3 is 1. The van der Waals surface area contributed by atoms with Crippen molar-refractivity contribution in [2.45, 2.75) is 38.6 Å². The Kier molecular flexibility index (Phi) is 6.03. The Morgan fingerprint density at radius 3 is 2.65 bits per heavy atom. The van der Waals surface area contributed by atoms with Crippen LogP contribution in [-0.2, 0) is 9.59 Å². The Hall–Kier alpha value is -2.04. The van der Waals surface area contributed by atoms with Crippen molar-refractivity contribution in [1.82, 2.24) is 5.32 Å². The van der Waals surface area contributed by atoms with Crippen LogP contribution < -0.4 is 10.1 Å². The maximum absolute atomic E-state index is 11.8. The van der Waals surface area contributed by atoms with Gasteiger partial charge in [0.25, 0.3) is 0 Å². The Balaban J connectivity index is 2.62. The molecule has 2 atom stereocenters. The second-order valence-corrected chi connectivity index (χ2v) is 4.75. The fraction of sp³-hybridized carbons (Fsp3) is 0.467. The second-order valence-electron chi connectivity index (χ2n) is 4.75. The fourth-order valence-electron chi connectivity index (χ4n) is 1.94. The number of carboxylic acid groups (broad SMARTS) is 1. The molecule has 1 aromatic rings. The molecule has 0 aromatic heterocycles. The summed E-state index contributed by atoms with van der Waals surface area (Å²) >= 11 is 0. The number of nitrogens with one attached hydrogen (secondary N) is 1. The van der Waals surface area contributed by atoms with Gasteiger partial charge in [-0.05, 0) is 30.0 Å². The predicted octanol–water partition coefficient (Wildman–Crippen LogP) is 2.17. The van der Waals surface area contributed by atoms with E-state index in [1.165, 1.54) is 0 Å². The molecule has 0 saturated heterocycles. The highest BCUT2D eigenvalue weighted by atomic mass is 16.5. The number of aliphatic carboxylic acids is 1. The second kappa shape index (κ2) is 7.53. The minimum atomic E-state index is -1.00. The molecule has 2 N–H and O–H groups in total. The largest absolute Gasteiger partial charge is 0.497 e. The molecule has 1 amide bonds. The van der Waals surface area contributed by atoms with Gasteiger partial charge in [0.2, 0.25) is 5.91 Å². The maximum atomic E-state index is 11.8. The molecule has 110 valence electrons. The smallest absolute Gasteiger partial charge is 0.326 e. The van der Waals surface area contributed by atoms with Crippen molar-refractivity contribution in [3.8, 4) is 5.75 Å². The van der Waals surface area contributed by atoms with E-state index in [1.54, 1.807) is 14.0 Å². The topological polar surface area (TPSA) is 75.6 Å². The Labute approximate surface area is 118 Å². The van der Waals surface area contributed by atoms with Crippen molar-refractivity contribution in [3.63, 3.8) is 0 Å². The summed E-state index contributed by atoms with van der Waals surface area (Å²) in [5, 5.41) is 11.4. The van der Waals surface area contributed by atoms with E-state index < -0.39 is 12.0 Å². The van der Waals surface area contributed by atoms with E-state index in [9.17, 15) is 9.59 Å². The standard InChI is InChI=1S/C15H21NO4/c1-4-13(15(18)19)16-14(17)8-10(2)11-6-5-7-12(9-11)20-3/h5-7,9-10,13H,4,8H2,1-3H3,(H,16,17)(H,18,19). The van der Waals surface area contributed by atoms with E-state index in [-0.39, 0.29) is 18.2 Å². The average molecular weight is 279 g/mol. The summed E-state index contributed by atoms with van der Waals surface area (Å²) in [7, 11) is 1.59. The van der Waals surface area contributed by atoms with Crippen LogP contribution in [0.5, 0.6) is 5.75 Å². The molecule has 0 heterocycles. The Morgan fingerprint density at radius 2 is 2.10 bits per heavy atom. The number of hydrogen-bond donors (Lipinski definition) is 2. The molecular formula is C15H21NO4. The van der Waals surface area contributed by atoms with E-state index in [4.69, 9.17) is 9.84 Å². The van der Waals surface area contributed by atoms with E-state index in [2.05, 4.69) is 5.32 Å². The van der Waals surface area contributed by atoms with E-state index in [0.29, 0.717) is 6.42 Å². The maximum Gasteiger partial charge on any atom is 0.326 e. The number of ether oxygens (including phenoxy) is 1. The number of carbonyl (C=O) groups is 2. The first-order chi connectivity index (χ1) is 9.47. The molecule has 1 rings (SSSR count). The third-order valence-corrected chi connectivity index (χ3v) is 3.20. The lowest BCUT2D eigenvalue weighted by atomic mass is 9.97. The first kappa shape index (κ1) is 16.0. The van der Waals surface area contributed by atoms with Crippen molar-refractivity contribution in [2.75, 3.05) is 7.11 Å². The van der Waals surface area contributed by atoms with Crippen LogP contribution in [0.3, 0.4) is 0 Å². The van der Waals surface area contributed by atoms with Gasteiger partial charge in [-0.15, -0.1) is 0 Å². The van der Waals surface area contributed by atoms with Gasteiger partial charge in [-0.1, -0.05) is 26.0 Å². The lowest BCUT2D eigenvalue weighted by Gasteiger charge is -2.16. The van der Waals surface area contributed by atoms with E-state index in [0.717, 1.165) is 11.3 Å². The lowest BCUT2D eigenvalue weighted by Crippen LogP contribution is -2.40.